The van der Waals surface area contributed by atoms with Gasteiger partial charge in [0.1, 0.15) is 0 Å². The molecule has 0 saturated carbocycles. The molecule has 0 atom stereocenters. The van der Waals surface area contributed by atoms with Crippen LogP contribution >= 0.6 is 0 Å². The van der Waals surface area contributed by atoms with Crippen molar-refractivity contribution in [2.45, 2.75) is 110 Å². The van der Waals surface area contributed by atoms with E-state index in [0.29, 0.717) is 26.4 Å². The maximum absolute atomic E-state index is 6.97. The van der Waals surface area contributed by atoms with Crippen molar-refractivity contribution in [3.63, 3.8) is 0 Å². The summed E-state index contributed by atoms with van der Waals surface area (Å²) in [5.74, 6) is 0. The van der Waals surface area contributed by atoms with Gasteiger partial charge in [0.15, 0.2) is 0 Å². The van der Waals surface area contributed by atoms with Crippen LogP contribution in [0.1, 0.15) is 79.1 Å². The summed E-state index contributed by atoms with van der Waals surface area (Å²) >= 11 is 0. The summed E-state index contributed by atoms with van der Waals surface area (Å²) in [6.07, 6.45) is 8.57. The summed E-state index contributed by atoms with van der Waals surface area (Å²) in [6.45, 7) is 16.2. The molecule has 0 amide bonds. The first-order chi connectivity index (χ1) is 14.2. The van der Waals surface area contributed by atoms with Crippen molar-refractivity contribution in [1.82, 2.24) is 0 Å². The van der Waals surface area contributed by atoms with Crippen LogP contribution in [-0.4, -0.2) is 55.6 Å². The fourth-order valence-electron chi connectivity index (χ4n) is 4.29. The van der Waals surface area contributed by atoms with Crippen LogP contribution in [0.3, 0.4) is 0 Å². The lowest BCUT2D eigenvalue weighted by Gasteiger charge is -2.33. The number of rotatable bonds is 21. The van der Waals surface area contributed by atoms with Crippen molar-refractivity contribution >= 4 is 17.1 Å². The highest BCUT2D eigenvalue weighted by Crippen LogP contribution is 2.29. The predicted molar refractivity (Wildman–Crippen MR) is 132 cm³/mol. The molecule has 0 radical (unpaired) electrons. The van der Waals surface area contributed by atoms with Crippen LogP contribution in [0.2, 0.25) is 25.2 Å². The molecule has 0 saturated heterocycles. The van der Waals surface area contributed by atoms with Gasteiger partial charge in [-0.3, -0.25) is 0 Å². The number of nitrogens with two attached hydrogens (primary N) is 2. The lowest BCUT2D eigenvalue weighted by molar-refractivity contribution is 0.185. The zero-order chi connectivity index (χ0) is 22.9. The average molecular weight is 465 g/mol. The van der Waals surface area contributed by atoms with Gasteiger partial charge < -0.3 is 29.2 Å². The van der Waals surface area contributed by atoms with Crippen molar-refractivity contribution in [3.05, 3.63) is 0 Å². The summed E-state index contributed by atoms with van der Waals surface area (Å²) in [6, 6.07) is 2.00. The molecule has 0 aromatic rings. The van der Waals surface area contributed by atoms with Crippen LogP contribution in [0.25, 0.3) is 0 Å². The number of hydrogen-bond acceptors (Lipinski definition) is 6. The molecular formula is C22H52N2O4Si2. The molecule has 0 aliphatic rings. The summed E-state index contributed by atoms with van der Waals surface area (Å²) < 4.78 is 24.0. The topological polar surface area (TPSA) is 89.0 Å². The second kappa shape index (κ2) is 16.8. The van der Waals surface area contributed by atoms with Gasteiger partial charge in [-0.1, -0.05) is 12.8 Å². The Labute approximate surface area is 189 Å². The van der Waals surface area contributed by atoms with E-state index in [1.54, 1.807) is 0 Å². The third-order valence-corrected chi connectivity index (χ3v) is 11.9. The molecule has 0 unspecified atom stereocenters. The van der Waals surface area contributed by atoms with Crippen molar-refractivity contribution in [3.8, 4) is 0 Å². The Morgan fingerprint density at radius 2 is 0.967 bits per heavy atom. The third-order valence-electron chi connectivity index (χ3n) is 5.79. The van der Waals surface area contributed by atoms with Crippen molar-refractivity contribution in [2.75, 3.05) is 33.0 Å². The van der Waals surface area contributed by atoms with Gasteiger partial charge in [-0.2, -0.15) is 0 Å². The molecular weight excluding hydrogens is 412 g/mol. The maximum atomic E-state index is 6.97. The van der Waals surface area contributed by atoms with Gasteiger partial charge in [0.25, 0.3) is 0 Å². The van der Waals surface area contributed by atoms with E-state index in [0.717, 1.165) is 70.0 Å². The van der Waals surface area contributed by atoms with Crippen LogP contribution in [0, 0.1) is 0 Å². The molecule has 0 aromatic carbocycles. The zero-order valence-electron chi connectivity index (χ0n) is 20.9. The molecule has 0 heterocycles. The van der Waals surface area contributed by atoms with Crippen LogP contribution in [0.5, 0.6) is 0 Å². The summed E-state index contributed by atoms with van der Waals surface area (Å²) in [5, 5.41) is 0. The SMILES string of the molecule is CCO[Si](C)(CCCC(N)(CCCCCN)CCC[Si](C)(OCC)OCC)OCC. The van der Waals surface area contributed by atoms with Crippen molar-refractivity contribution < 1.29 is 17.7 Å². The van der Waals surface area contributed by atoms with E-state index in [1.807, 2.05) is 27.7 Å². The fourth-order valence-corrected chi connectivity index (χ4v) is 9.11. The van der Waals surface area contributed by atoms with Gasteiger partial charge in [0.2, 0.25) is 0 Å². The van der Waals surface area contributed by atoms with Gasteiger partial charge in [0, 0.05) is 32.0 Å². The van der Waals surface area contributed by atoms with Crippen LogP contribution in [0.4, 0.5) is 0 Å². The lowest BCUT2D eigenvalue weighted by Crippen LogP contribution is -2.43. The quantitative estimate of drug-likeness (QED) is 0.182. The smallest absolute Gasteiger partial charge is 0.334 e. The first-order valence-corrected chi connectivity index (χ1v) is 17.3. The van der Waals surface area contributed by atoms with Crippen LogP contribution in [-0.2, 0) is 17.7 Å². The van der Waals surface area contributed by atoms with Crippen molar-refractivity contribution in [1.29, 1.82) is 0 Å². The minimum atomic E-state index is -2.08. The minimum absolute atomic E-state index is 0.143. The molecule has 8 heteroatoms. The number of hydrogen-bond donors (Lipinski definition) is 2. The second-order valence-corrected chi connectivity index (χ2v) is 15.4. The van der Waals surface area contributed by atoms with Crippen LogP contribution in [0.15, 0.2) is 0 Å². The summed E-state index contributed by atoms with van der Waals surface area (Å²) in [4.78, 5) is 0. The molecule has 30 heavy (non-hydrogen) atoms. The van der Waals surface area contributed by atoms with Gasteiger partial charge in [-0.25, -0.2) is 0 Å². The lowest BCUT2D eigenvalue weighted by atomic mass is 9.84. The first kappa shape index (κ1) is 30.2. The molecule has 182 valence electrons. The van der Waals surface area contributed by atoms with Gasteiger partial charge in [-0.15, -0.1) is 0 Å². The molecule has 0 bridgehead atoms. The molecule has 0 aliphatic heterocycles. The average Bonchev–Trinajstić information content (AvgIpc) is 2.66. The fraction of sp³-hybridized carbons (Fsp3) is 1.00. The Balaban J connectivity index is 4.85. The third kappa shape index (κ3) is 13.6. The Hall–Kier alpha value is 0.194. The normalized spacial score (nSPS) is 13.2. The van der Waals surface area contributed by atoms with E-state index in [-0.39, 0.29) is 5.54 Å². The molecule has 0 rings (SSSR count). The molecule has 0 fully saturated rings. The maximum Gasteiger partial charge on any atom is 0.334 e. The van der Waals surface area contributed by atoms with Gasteiger partial charge >= 0.3 is 17.1 Å². The number of unbranched alkanes of at least 4 members (excludes halogenated alkanes) is 2. The van der Waals surface area contributed by atoms with Gasteiger partial charge in [0.05, 0.1) is 0 Å². The second-order valence-electron chi connectivity index (χ2n) is 8.67. The highest BCUT2D eigenvalue weighted by Gasteiger charge is 2.34. The highest BCUT2D eigenvalue weighted by molar-refractivity contribution is 6.66. The van der Waals surface area contributed by atoms with E-state index in [4.69, 9.17) is 29.2 Å². The minimum Gasteiger partial charge on any atom is -0.395 e. The Kier molecular flexibility index (Phi) is 16.9. The van der Waals surface area contributed by atoms with E-state index in [2.05, 4.69) is 13.1 Å². The van der Waals surface area contributed by atoms with Crippen LogP contribution < -0.4 is 11.5 Å². The molecule has 0 spiro atoms. The molecule has 6 nitrogen and oxygen atoms in total. The first-order valence-electron chi connectivity index (χ1n) is 12.3. The Bertz CT molecular complexity index is 377. The van der Waals surface area contributed by atoms with Crippen molar-refractivity contribution in [2.24, 2.45) is 11.5 Å². The largest absolute Gasteiger partial charge is 0.395 e. The standard InChI is InChI=1S/C22H52N2O4Si2/c1-7-25-29(5,26-8-2)20-14-17-22(24,16-12-11-13-19-23)18-15-21-30(6,27-9-3)28-10-4/h7-21,23-24H2,1-6H3. The monoisotopic (exact) mass is 464 g/mol. The van der Waals surface area contributed by atoms with E-state index in [9.17, 15) is 0 Å². The molecule has 4 N–H and O–H groups in total. The molecule has 0 aromatic heterocycles. The van der Waals surface area contributed by atoms with E-state index in [1.165, 1.54) is 0 Å². The Morgan fingerprint density at radius 3 is 1.30 bits per heavy atom. The molecule has 0 aliphatic carbocycles. The highest BCUT2D eigenvalue weighted by atomic mass is 28.4. The predicted octanol–water partition coefficient (Wildman–Crippen LogP) is 5.05. The Morgan fingerprint density at radius 1 is 0.600 bits per heavy atom. The summed E-state index contributed by atoms with van der Waals surface area (Å²) in [7, 11) is -4.16. The van der Waals surface area contributed by atoms with E-state index < -0.39 is 17.1 Å². The van der Waals surface area contributed by atoms with Gasteiger partial charge in [-0.05, 0) is 97.9 Å². The van der Waals surface area contributed by atoms with E-state index >= 15 is 0 Å². The summed E-state index contributed by atoms with van der Waals surface area (Å²) in [5.41, 5.74) is 12.5. The zero-order valence-corrected chi connectivity index (χ0v) is 22.9.